The lowest BCUT2D eigenvalue weighted by Crippen LogP contribution is -2.46. The molecular weight excluding hydrogens is 394 g/mol. The predicted octanol–water partition coefficient (Wildman–Crippen LogP) is 3.51. The number of nitrogens with zero attached hydrogens (tertiary/aromatic N) is 3. The van der Waals surface area contributed by atoms with Crippen LogP contribution in [-0.4, -0.2) is 53.4 Å². The molecule has 31 heavy (non-hydrogen) atoms. The minimum absolute atomic E-state index is 0.0293. The monoisotopic (exact) mass is 419 g/mol. The topological polar surface area (TPSA) is 79.3 Å². The smallest absolute Gasteiger partial charge is 0.270 e. The van der Waals surface area contributed by atoms with E-state index in [1.807, 2.05) is 30.3 Å². The summed E-state index contributed by atoms with van der Waals surface area (Å²) >= 11 is 0. The van der Waals surface area contributed by atoms with E-state index in [-0.39, 0.29) is 29.9 Å². The van der Waals surface area contributed by atoms with Crippen molar-refractivity contribution in [2.45, 2.75) is 25.7 Å². The zero-order valence-electron chi connectivity index (χ0n) is 17.5. The van der Waals surface area contributed by atoms with Crippen LogP contribution in [0.5, 0.6) is 11.5 Å². The standard InChI is InChI=1S/C24H25N3O4/c1-26-22(28)14-13-21(25-26)24(30)27-15-5-6-18(16-27)23(29)17-9-11-20(12-10-17)31-19-7-3-2-4-8-19/h2-4,7-12,18H,5-6,13-16H2,1H3/t18-/m0/s1. The molecule has 7 nitrogen and oxygen atoms in total. The Balaban J connectivity index is 1.40. The first kappa shape index (κ1) is 20.8. The fourth-order valence-corrected chi connectivity index (χ4v) is 3.93. The van der Waals surface area contributed by atoms with E-state index in [0.717, 1.165) is 18.6 Å². The fraction of sp³-hybridized carbons (Fsp3) is 0.333. The van der Waals surface area contributed by atoms with Crippen molar-refractivity contribution in [3.05, 3.63) is 60.2 Å². The molecule has 7 heteroatoms. The molecule has 1 atom stereocenters. The Bertz CT molecular complexity index is 1000. The van der Waals surface area contributed by atoms with Gasteiger partial charge in [0.25, 0.3) is 5.91 Å². The van der Waals surface area contributed by atoms with Crippen LogP contribution in [0.2, 0.25) is 0 Å². The summed E-state index contributed by atoms with van der Waals surface area (Å²) in [5, 5.41) is 5.35. The number of hydrogen-bond donors (Lipinski definition) is 0. The number of ether oxygens (including phenoxy) is 1. The quantitative estimate of drug-likeness (QED) is 0.695. The number of Topliss-reactive ketones (excluding diaryl/α,β-unsaturated/α-hetero) is 1. The van der Waals surface area contributed by atoms with Crippen molar-refractivity contribution in [3.63, 3.8) is 0 Å². The Morgan fingerprint density at radius 3 is 2.42 bits per heavy atom. The van der Waals surface area contributed by atoms with E-state index < -0.39 is 0 Å². The first-order valence-electron chi connectivity index (χ1n) is 10.5. The van der Waals surface area contributed by atoms with Crippen molar-refractivity contribution < 1.29 is 19.1 Å². The van der Waals surface area contributed by atoms with E-state index in [4.69, 9.17) is 4.74 Å². The summed E-state index contributed by atoms with van der Waals surface area (Å²) in [4.78, 5) is 39.2. The van der Waals surface area contributed by atoms with Gasteiger partial charge in [0.2, 0.25) is 5.91 Å². The van der Waals surface area contributed by atoms with Crippen LogP contribution < -0.4 is 4.74 Å². The summed E-state index contributed by atoms with van der Waals surface area (Å²) in [6.07, 6.45) is 2.14. The lowest BCUT2D eigenvalue weighted by molar-refractivity contribution is -0.130. The Labute approximate surface area is 181 Å². The van der Waals surface area contributed by atoms with Gasteiger partial charge in [0.05, 0.1) is 0 Å². The molecule has 1 saturated heterocycles. The molecule has 4 rings (SSSR count). The van der Waals surface area contributed by atoms with Gasteiger partial charge in [-0.15, -0.1) is 0 Å². The number of benzene rings is 2. The molecule has 0 radical (unpaired) electrons. The molecular formula is C24H25N3O4. The number of ketones is 1. The molecule has 2 amide bonds. The summed E-state index contributed by atoms with van der Waals surface area (Å²) in [6.45, 7) is 0.972. The average molecular weight is 419 g/mol. The third-order valence-electron chi connectivity index (χ3n) is 5.65. The Kier molecular flexibility index (Phi) is 6.11. The van der Waals surface area contributed by atoms with Gasteiger partial charge in [0.1, 0.15) is 17.2 Å². The molecule has 0 spiro atoms. The van der Waals surface area contributed by atoms with Gasteiger partial charge in [-0.05, 0) is 49.2 Å². The van der Waals surface area contributed by atoms with Crippen LogP contribution in [0.4, 0.5) is 0 Å². The molecule has 160 valence electrons. The van der Waals surface area contributed by atoms with Crippen molar-refractivity contribution in [2.24, 2.45) is 11.0 Å². The second-order valence-electron chi connectivity index (χ2n) is 7.86. The maximum atomic E-state index is 13.0. The summed E-state index contributed by atoms with van der Waals surface area (Å²) in [5.41, 5.74) is 0.998. The molecule has 2 aliphatic rings. The SMILES string of the molecule is CN1N=C(C(=O)N2CCC[C@H](C(=O)c3ccc(Oc4ccccc4)cc3)C2)CCC1=O. The van der Waals surface area contributed by atoms with Gasteiger partial charge in [-0.1, -0.05) is 18.2 Å². The van der Waals surface area contributed by atoms with Gasteiger partial charge in [-0.25, -0.2) is 5.01 Å². The van der Waals surface area contributed by atoms with E-state index in [2.05, 4.69) is 5.10 Å². The summed E-state index contributed by atoms with van der Waals surface area (Å²) in [5.74, 6) is 0.911. The van der Waals surface area contributed by atoms with Gasteiger partial charge in [-0.2, -0.15) is 5.10 Å². The van der Waals surface area contributed by atoms with Crippen molar-refractivity contribution >= 4 is 23.3 Å². The van der Waals surface area contributed by atoms with E-state index >= 15 is 0 Å². The molecule has 2 aromatic rings. The number of carbonyl (C=O) groups excluding carboxylic acids is 3. The number of carbonyl (C=O) groups is 3. The maximum absolute atomic E-state index is 13.0. The number of piperidine rings is 1. The number of amides is 2. The molecule has 0 N–H and O–H groups in total. The number of likely N-dealkylation sites (tertiary alicyclic amines) is 1. The Morgan fingerprint density at radius 1 is 1.00 bits per heavy atom. The summed E-state index contributed by atoms with van der Waals surface area (Å²) < 4.78 is 5.79. The molecule has 2 heterocycles. The van der Waals surface area contributed by atoms with Gasteiger partial charge >= 0.3 is 0 Å². The second kappa shape index (κ2) is 9.12. The summed E-state index contributed by atoms with van der Waals surface area (Å²) in [6, 6.07) is 16.6. The molecule has 0 saturated carbocycles. The molecule has 0 aliphatic carbocycles. The number of hydrogen-bond acceptors (Lipinski definition) is 5. The number of hydrazone groups is 1. The maximum Gasteiger partial charge on any atom is 0.270 e. The van der Waals surface area contributed by atoms with Crippen molar-refractivity contribution in [1.29, 1.82) is 0 Å². The van der Waals surface area contributed by atoms with Crippen LogP contribution in [0.1, 0.15) is 36.0 Å². The zero-order valence-corrected chi connectivity index (χ0v) is 17.5. The normalized spacial score (nSPS) is 19.1. The minimum atomic E-state index is -0.248. The third-order valence-corrected chi connectivity index (χ3v) is 5.65. The molecule has 0 unspecified atom stereocenters. The first-order chi connectivity index (χ1) is 15.0. The predicted molar refractivity (Wildman–Crippen MR) is 116 cm³/mol. The van der Waals surface area contributed by atoms with Crippen LogP contribution in [-0.2, 0) is 9.59 Å². The first-order valence-corrected chi connectivity index (χ1v) is 10.5. The van der Waals surface area contributed by atoms with Crippen molar-refractivity contribution in [3.8, 4) is 11.5 Å². The second-order valence-corrected chi connectivity index (χ2v) is 7.86. The van der Waals surface area contributed by atoms with E-state index in [1.54, 1.807) is 36.2 Å². The largest absolute Gasteiger partial charge is 0.457 e. The van der Waals surface area contributed by atoms with Gasteiger partial charge in [0.15, 0.2) is 5.78 Å². The van der Waals surface area contributed by atoms with Crippen LogP contribution in [0.3, 0.4) is 0 Å². The van der Waals surface area contributed by atoms with Crippen LogP contribution in [0.15, 0.2) is 59.7 Å². The average Bonchev–Trinajstić information content (AvgIpc) is 2.81. The lowest BCUT2D eigenvalue weighted by atomic mass is 9.89. The molecule has 2 aliphatic heterocycles. The molecule has 0 bridgehead atoms. The fourth-order valence-electron chi connectivity index (χ4n) is 3.93. The van der Waals surface area contributed by atoms with E-state index in [1.165, 1.54) is 5.01 Å². The highest BCUT2D eigenvalue weighted by atomic mass is 16.5. The van der Waals surface area contributed by atoms with Crippen LogP contribution in [0, 0.1) is 5.92 Å². The lowest BCUT2D eigenvalue weighted by Gasteiger charge is -2.33. The molecule has 0 aromatic heterocycles. The van der Waals surface area contributed by atoms with Crippen LogP contribution >= 0.6 is 0 Å². The van der Waals surface area contributed by atoms with Crippen molar-refractivity contribution in [2.75, 3.05) is 20.1 Å². The third kappa shape index (κ3) is 4.82. The highest BCUT2D eigenvalue weighted by Crippen LogP contribution is 2.25. The zero-order chi connectivity index (χ0) is 21.8. The summed E-state index contributed by atoms with van der Waals surface area (Å²) in [7, 11) is 1.56. The van der Waals surface area contributed by atoms with Gasteiger partial charge in [-0.3, -0.25) is 14.4 Å². The van der Waals surface area contributed by atoms with Crippen LogP contribution in [0.25, 0.3) is 0 Å². The van der Waals surface area contributed by atoms with Gasteiger partial charge in [0, 0.05) is 44.5 Å². The van der Waals surface area contributed by atoms with E-state index in [0.29, 0.717) is 36.5 Å². The highest BCUT2D eigenvalue weighted by molar-refractivity contribution is 6.39. The Morgan fingerprint density at radius 2 is 1.71 bits per heavy atom. The number of rotatable bonds is 5. The van der Waals surface area contributed by atoms with Gasteiger partial charge < -0.3 is 9.64 Å². The Hall–Kier alpha value is -3.48. The molecule has 2 aromatic carbocycles. The molecule has 1 fully saturated rings. The minimum Gasteiger partial charge on any atom is -0.457 e. The number of para-hydroxylation sites is 1. The van der Waals surface area contributed by atoms with E-state index in [9.17, 15) is 14.4 Å². The van der Waals surface area contributed by atoms with Crippen molar-refractivity contribution in [1.82, 2.24) is 9.91 Å². The highest BCUT2D eigenvalue weighted by Gasteiger charge is 2.32.